The molecule has 3 aromatic rings. The molecule has 0 unspecified atom stereocenters. The van der Waals surface area contributed by atoms with Crippen LogP contribution >= 0.6 is 11.3 Å². The van der Waals surface area contributed by atoms with Crippen LogP contribution in [-0.4, -0.2) is 11.8 Å². The molecule has 0 bridgehead atoms. The topological polar surface area (TPSA) is 43.4 Å². The third-order valence-corrected chi connectivity index (χ3v) is 4.16. The highest BCUT2D eigenvalue weighted by Crippen LogP contribution is 2.33. The van der Waals surface area contributed by atoms with Gasteiger partial charge in [0.1, 0.15) is 5.82 Å². The Morgan fingerprint density at radius 2 is 2.10 bits per heavy atom. The van der Waals surface area contributed by atoms with Crippen molar-refractivity contribution in [1.29, 1.82) is 0 Å². The highest BCUT2D eigenvalue weighted by Gasteiger charge is 2.13. The maximum atomic E-state index is 5.39. The molecule has 3 heterocycles. The van der Waals surface area contributed by atoms with Crippen LogP contribution in [0.2, 0.25) is 0 Å². The molecule has 0 aliphatic carbocycles. The molecule has 0 saturated carbocycles. The summed E-state index contributed by atoms with van der Waals surface area (Å²) in [6.07, 6.45) is 1.83. The highest BCUT2D eigenvalue weighted by atomic mass is 32.1. The van der Waals surface area contributed by atoms with E-state index in [1.54, 1.807) is 11.3 Å². The molecule has 0 amide bonds. The summed E-state index contributed by atoms with van der Waals surface area (Å²) in [5.74, 6) is 2.54. The van der Waals surface area contributed by atoms with E-state index < -0.39 is 0 Å². The van der Waals surface area contributed by atoms with Crippen molar-refractivity contribution in [3.8, 4) is 11.5 Å². The van der Waals surface area contributed by atoms with Crippen LogP contribution in [0.15, 0.2) is 41.9 Å². The molecule has 100 valence electrons. The van der Waals surface area contributed by atoms with Crippen LogP contribution in [0.1, 0.15) is 5.56 Å². The van der Waals surface area contributed by atoms with Crippen LogP contribution in [0.25, 0.3) is 10.1 Å². The zero-order valence-corrected chi connectivity index (χ0v) is 11.4. The number of benzene rings is 1. The third-order valence-electron chi connectivity index (χ3n) is 3.28. The number of anilines is 1. The van der Waals surface area contributed by atoms with E-state index in [0.29, 0.717) is 13.3 Å². The minimum Gasteiger partial charge on any atom is -0.454 e. The number of nitrogens with one attached hydrogen (secondary N) is 1. The summed E-state index contributed by atoms with van der Waals surface area (Å²) < 4.78 is 11.9. The number of aromatic nitrogens is 1. The average molecular weight is 284 g/mol. The Hall–Kier alpha value is -2.27. The van der Waals surface area contributed by atoms with Crippen molar-refractivity contribution in [2.45, 2.75) is 6.54 Å². The van der Waals surface area contributed by atoms with Crippen molar-refractivity contribution < 1.29 is 9.47 Å². The smallest absolute Gasteiger partial charge is 0.231 e. The normalized spacial score (nSPS) is 12.8. The fourth-order valence-corrected chi connectivity index (χ4v) is 3.05. The second-order valence-corrected chi connectivity index (χ2v) is 5.48. The van der Waals surface area contributed by atoms with Gasteiger partial charge in [-0.25, -0.2) is 4.98 Å². The number of hydrogen-bond donors (Lipinski definition) is 1. The predicted molar refractivity (Wildman–Crippen MR) is 79.5 cm³/mol. The number of rotatable bonds is 3. The summed E-state index contributed by atoms with van der Waals surface area (Å²) in [6, 6.07) is 10.1. The van der Waals surface area contributed by atoms with Crippen molar-refractivity contribution in [2.75, 3.05) is 12.1 Å². The molecule has 1 N–H and O–H groups in total. The number of ether oxygens (including phenoxy) is 2. The van der Waals surface area contributed by atoms with Crippen molar-refractivity contribution >= 4 is 27.2 Å². The van der Waals surface area contributed by atoms with Crippen LogP contribution < -0.4 is 14.8 Å². The van der Waals surface area contributed by atoms with Gasteiger partial charge in [0.15, 0.2) is 11.5 Å². The van der Waals surface area contributed by atoms with E-state index in [1.807, 2.05) is 30.5 Å². The Bertz CT molecular complexity index is 769. The number of fused-ring (bicyclic) bond motifs is 2. The van der Waals surface area contributed by atoms with Crippen molar-refractivity contribution in [3.63, 3.8) is 0 Å². The summed E-state index contributed by atoms with van der Waals surface area (Å²) in [5.41, 5.74) is 1.14. The quantitative estimate of drug-likeness (QED) is 0.797. The first-order chi connectivity index (χ1) is 9.90. The average Bonchev–Trinajstić information content (AvgIpc) is 3.13. The third kappa shape index (κ3) is 1.96. The molecule has 1 aliphatic heterocycles. The molecule has 4 nitrogen and oxygen atoms in total. The maximum Gasteiger partial charge on any atom is 0.231 e. The molecular formula is C15H12N2O2S. The lowest BCUT2D eigenvalue weighted by molar-refractivity contribution is 0.174. The minimum absolute atomic E-state index is 0.308. The van der Waals surface area contributed by atoms with Crippen molar-refractivity contribution in [3.05, 3.63) is 47.5 Å². The molecule has 1 aromatic carbocycles. The molecule has 0 atom stereocenters. The molecule has 0 radical (unpaired) electrons. The van der Waals surface area contributed by atoms with Crippen LogP contribution in [0.3, 0.4) is 0 Å². The van der Waals surface area contributed by atoms with E-state index in [0.717, 1.165) is 22.9 Å². The van der Waals surface area contributed by atoms with Gasteiger partial charge in [-0.1, -0.05) is 6.07 Å². The molecule has 4 rings (SSSR count). The lowest BCUT2D eigenvalue weighted by Crippen LogP contribution is -2.01. The number of thiophene rings is 1. The fraction of sp³-hybridized carbons (Fsp3) is 0.133. The fourth-order valence-electron chi connectivity index (χ4n) is 2.27. The lowest BCUT2D eigenvalue weighted by Gasteiger charge is -2.07. The van der Waals surface area contributed by atoms with E-state index in [-0.39, 0.29) is 0 Å². The van der Waals surface area contributed by atoms with E-state index in [1.165, 1.54) is 10.1 Å². The summed E-state index contributed by atoms with van der Waals surface area (Å²) in [7, 11) is 0. The molecular weight excluding hydrogens is 272 g/mol. The van der Waals surface area contributed by atoms with E-state index in [2.05, 4.69) is 21.7 Å². The summed E-state index contributed by atoms with van der Waals surface area (Å²) in [5, 5.41) is 6.63. The lowest BCUT2D eigenvalue weighted by atomic mass is 10.2. The van der Waals surface area contributed by atoms with E-state index in [4.69, 9.17) is 9.47 Å². The van der Waals surface area contributed by atoms with Gasteiger partial charge in [0.2, 0.25) is 6.79 Å². The Morgan fingerprint density at radius 3 is 3.10 bits per heavy atom. The SMILES string of the molecule is c1cc2sccc2c(NCc2ccc3c(c2)OCO3)n1. The van der Waals surface area contributed by atoms with Gasteiger partial charge >= 0.3 is 0 Å². The number of pyridine rings is 1. The largest absolute Gasteiger partial charge is 0.454 e. The molecule has 0 spiro atoms. The second kappa shape index (κ2) is 4.68. The van der Waals surface area contributed by atoms with Crippen LogP contribution in [0, 0.1) is 0 Å². The molecule has 20 heavy (non-hydrogen) atoms. The van der Waals surface area contributed by atoms with Crippen LogP contribution in [0.5, 0.6) is 11.5 Å². The highest BCUT2D eigenvalue weighted by molar-refractivity contribution is 7.17. The first kappa shape index (κ1) is 11.5. The summed E-state index contributed by atoms with van der Waals surface area (Å²) in [4.78, 5) is 4.41. The number of nitrogens with zero attached hydrogens (tertiary/aromatic N) is 1. The summed E-state index contributed by atoms with van der Waals surface area (Å²) in [6.45, 7) is 1.01. The van der Waals surface area contributed by atoms with Gasteiger partial charge in [0.25, 0.3) is 0 Å². The van der Waals surface area contributed by atoms with Crippen LogP contribution in [0.4, 0.5) is 5.82 Å². The Labute approximate surface area is 120 Å². The standard InChI is InChI=1S/C15H12N2O2S/c1-2-12-13(19-9-18-12)7-10(1)8-17-15-11-4-6-20-14(11)3-5-16-15/h1-7H,8-9H2,(H,16,17). The van der Waals surface area contributed by atoms with Crippen molar-refractivity contribution in [1.82, 2.24) is 4.98 Å². The zero-order valence-electron chi connectivity index (χ0n) is 10.6. The maximum absolute atomic E-state index is 5.39. The Kier molecular flexibility index (Phi) is 2.70. The minimum atomic E-state index is 0.308. The van der Waals surface area contributed by atoms with Crippen LogP contribution in [-0.2, 0) is 6.54 Å². The molecule has 0 fully saturated rings. The van der Waals surface area contributed by atoms with Gasteiger partial charge in [-0.2, -0.15) is 0 Å². The second-order valence-electron chi connectivity index (χ2n) is 4.53. The molecule has 1 aliphatic rings. The van der Waals surface area contributed by atoms with Gasteiger partial charge in [-0.3, -0.25) is 0 Å². The Balaban J connectivity index is 1.57. The van der Waals surface area contributed by atoms with Crippen molar-refractivity contribution in [2.24, 2.45) is 0 Å². The van der Waals surface area contributed by atoms with E-state index in [9.17, 15) is 0 Å². The van der Waals surface area contributed by atoms with Gasteiger partial charge in [-0.15, -0.1) is 11.3 Å². The van der Waals surface area contributed by atoms with Gasteiger partial charge in [-0.05, 0) is 35.2 Å². The Morgan fingerprint density at radius 1 is 1.15 bits per heavy atom. The summed E-state index contributed by atoms with van der Waals surface area (Å²) >= 11 is 1.72. The van der Waals surface area contributed by atoms with E-state index >= 15 is 0 Å². The zero-order chi connectivity index (χ0) is 13.4. The monoisotopic (exact) mass is 284 g/mol. The van der Waals surface area contributed by atoms with Gasteiger partial charge in [0.05, 0.1) is 0 Å². The first-order valence-electron chi connectivity index (χ1n) is 6.35. The van der Waals surface area contributed by atoms with Gasteiger partial charge < -0.3 is 14.8 Å². The molecule has 0 saturated heterocycles. The predicted octanol–water partition coefficient (Wildman–Crippen LogP) is 3.64. The van der Waals surface area contributed by atoms with Gasteiger partial charge in [0, 0.05) is 22.8 Å². The first-order valence-corrected chi connectivity index (χ1v) is 7.23. The number of hydrogen-bond acceptors (Lipinski definition) is 5. The molecule has 5 heteroatoms. The molecule has 2 aromatic heterocycles.